The molecule has 3 nitrogen and oxygen atoms in total. The van der Waals surface area contributed by atoms with Gasteiger partial charge in [-0.3, -0.25) is 4.99 Å². The second-order valence-corrected chi connectivity index (χ2v) is 11.8. The summed E-state index contributed by atoms with van der Waals surface area (Å²) in [5, 5.41) is 6.70. The summed E-state index contributed by atoms with van der Waals surface area (Å²) >= 11 is 0. The summed E-state index contributed by atoms with van der Waals surface area (Å²) in [6, 6.07) is 0. The first-order chi connectivity index (χ1) is 15.4. The lowest BCUT2D eigenvalue weighted by Crippen LogP contribution is -2.52. The van der Waals surface area contributed by atoms with Crippen molar-refractivity contribution >= 4 is 5.71 Å². The third-order valence-corrected chi connectivity index (χ3v) is 10.2. The predicted octanol–water partition coefficient (Wildman–Crippen LogP) is 6.50. The normalized spacial score (nSPS) is 39.5. The molecular formula is C29H53N3. The Morgan fingerprint density at radius 2 is 1.88 bits per heavy atom. The summed E-state index contributed by atoms with van der Waals surface area (Å²) in [7, 11) is 2.01. The largest absolute Gasteiger partial charge is 0.318 e. The Morgan fingerprint density at radius 3 is 2.59 bits per heavy atom. The van der Waals surface area contributed by atoms with Crippen molar-refractivity contribution in [2.75, 3.05) is 33.2 Å². The van der Waals surface area contributed by atoms with E-state index >= 15 is 0 Å². The van der Waals surface area contributed by atoms with Crippen LogP contribution in [0.15, 0.2) is 17.6 Å². The molecule has 0 aromatic heterocycles. The molecule has 2 N–H and O–H groups in total. The first-order valence-corrected chi connectivity index (χ1v) is 13.9. The molecular weight excluding hydrogens is 390 g/mol. The molecule has 0 saturated heterocycles. The third kappa shape index (κ3) is 5.19. The average molecular weight is 444 g/mol. The van der Waals surface area contributed by atoms with E-state index in [0.29, 0.717) is 16.7 Å². The molecule has 3 fully saturated rings. The van der Waals surface area contributed by atoms with Crippen molar-refractivity contribution in [3.05, 3.63) is 12.7 Å². The lowest BCUT2D eigenvalue weighted by molar-refractivity contribution is -0.0941. The number of hydrogen-bond donors (Lipinski definition) is 2. The minimum atomic E-state index is 0.484. The van der Waals surface area contributed by atoms with Crippen LogP contribution in [0.25, 0.3) is 0 Å². The maximum atomic E-state index is 5.11. The molecule has 3 aliphatic rings. The van der Waals surface area contributed by atoms with Gasteiger partial charge in [-0.15, -0.1) is 6.58 Å². The zero-order chi connectivity index (χ0) is 23.2. The summed E-state index contributed by atoms with van der Waals surface area (Å²) in [6.45, 7) is 18.3. The molecule has 0 bridgehead atoms. The van der Waals surface area contributed by atoms with Crippen LogP contribution in [0.2, 0.25) is 0 Å². The second kappa shape index (κ2) is 11.6. The summed E-state index contributed by atoms with van der Waals surface area (Å²) in [4.78, 5) is 5.11. The Morgan fingerprint density at radius 1 is 1.06 bits per heavy atom. The fourth-order valence-electron chi connectivity index (χ4n) is 8.65. The van der Waals surface area contributed by atoms with Crippen molar-refractivity contribution in [2.24, 2.45) is 45.4 Å². The molecule has 3 heteroatoms. The molecule has 0 radical (unpaired) electrons. The number of rotatable bonds is 12. The van der Waals surface area contributed by atoms with Crippen LogP contribution in [-0.4, -0.2) is 38.9 Å². The van der Waals surface area contributed by atoms with Gasteiger partial charge in [0.2, 0.25) is 0 Å². The fraction of sp³-hybridized carbons (Fsp3) is 0.897. The number of likely N-dealkylation sites (N-methyl/N-ethyl adjacent to an activating group) is 1. The van der Waals surface area contributed by atoms with Crippen LogP contribution in [0.3, 0.4) is 0 Å². The molecule has 0 aromatic carbocycles. The minimum Gasteiger partial charge on any atom is -0.318 e. The van der Waals surface area contributed by atoms with Crippen molar-refractivity contribution in [2.45, 2.75) is 91.9 Å². The van der Waals surface area contributed by atoms with Gasteiger partial charge in [0.05, 0.1) is 0 Å². The zero-order valence-corrected chi connectivity index (χ0v) is 22.0. The van der Waals surface area contributed by atoms with E-state index in [1.807, 2.05) is 7.05 Å². The second-order valence-electron chi connectivity index (χ2n) is 11.8. The SMILES string of the molecule is C=CCC1CCC2C(CCC3(C)C(C(C)=NCCCNCCNC)CCC23)C1(C)CCC. The number of allylic oxidation sites excluding steroid dienone is 1. The summed E-state index contributed by atoms with van der Waals surface area (Å²) in [6.07, 6.45) is 15.9. The Hall–Kier alpha value is -0.670. The van der Waals surface area contributed by atoms with E-state index in [-0.39, 0.29) is 0 Å². The van der Waals surface area contributed by atoms with Crippen molar-refractivity contribution < 1.29 is 0 Å². The molecule has 32 heavy (non-hydrogen) atoms. The first kappa shape index (κ1) is 25.9. The monoisotopic (exact) mass is 443 g/mol. The van der Waals surface area contributed by atoms with E-state index in [9.17, 15) is 0 Å². The van der Waals surface area contributed by atoms with Crippen molar-refractivity contribution in [3.8, 4) is 0 Å². The molecule has 0 spiro atoms. The maximum Gasteiger partial charge on any atom is 0.0400 e. The van der Waals surface area contributed by atoms with Gasteiger partial charge in [-0.25, -0.2) is 0 Å². The maximum absolute atomic E-state index is 5.11. The van der Waals surface area contributed by atoms with Crippen molar-refractivity contribution in [1.29, 1.82) is 0 Å². The van der Waals surface area contributed by atoms with Gasteiger partial charge in [0.25, 0.3) is 0 Å². The van der Waals surface area contributed by atoms with Crippen LogP contribution < -0.4 is 10.6 Å². The number of aliphatic imine (C=N–C) groups is 1. The number of nitrogens with zero attached hydrogens (tertiary/aromatic N) is 1. The van der Waals surface area contributed by atoms with Gasteiger partial charge in [-0.2, -0.15) is 0 Å². The van der Waals surface area contributed by atoms with Crippen LogP contribution in [0.1, 0.15) is 91.9 Å². The molecule has 7 atom stereocenters. The van der Waals surface area contributed by atoms with Crippen LogP contribution >= 0.6 is 0 Å². The molecule has 0 aliphatic heterocycles. The Balaban J connectivity index is 1.65. The van der Waals surface area contributed by atoms with Gasteiger partial charge < -0.3 is 10.6 Å². The minimum absolute atomic E-state index is 0.484. The van der Waals surface area contributed by atoms with Gasteiger partial charge in [-0.1, -0.05) is 33.3 Å². The first-order valence-electron chi connectivity index (χ1n) is 13.9. The zero-order valence-electron chi connectivity index (χ0n) is 22.0. The highest BCUT2D eigenvalue weighted by atomic mass is 14.9. The standard InChI is InChI=1S/C29H53N3/c1-7-10-23-11-12-24-26-14-13-25(22(3)32-19-9-18-31-21-20-30-6)29(26,5)17-15-27(24)28(23,4)16-8-2/h7,23-27,30-31H,1,8-21H2,2-6H3. The molecule has 7 unspecified atom stereocenters. The molecule has 3 rings (SSSR count). The highest BCUT2D eigenvalue weighted by Gasteiger charge is 2.59. The average Bonchev–Trinajstić information content (AvgIpc) is 3.12. The number of nitrogens with one attached hydrogen (secondary N) is 2. The van der Waals surface area contributed by atoms with Crippen molar-refractivity contribution in [1.82, 2.24) is 10.6 Å². The fourth-order valence-corrected chi connectivity index (χ4v) is 8.65. The van der Waals surface area contributed by atoms with E-state index in [1.165, 1.54) is 63.5 Å². The third-order valence-electron chi connectivity index (χ3n) is 10.2. The van der Waals surface area contributed by atoms with Crippen molar-refractivity contribution in [3.63, 3.8) is 0 Å². The van der Waals surface area contributed by atoms with Gasteiger partial charge >= 0.3 is 0 Å². The number of fused-ring (bicyclic) bond motifs is 3. The summed E-state index contributed by atoms with van der Waals surface area (Å²) in [5.74, 6) is 4.36. The molecule has 0 aromatic rings. The van der Waals surface area contributed by atoms with E-state index < -0.39 is 0 Å². The quantitative estimate of drug-likeness (QED) is 0.205. The van der Waals surface area contributed by atoms with Gasteiger partial charge in [0.1, 0.15) is 0 Å². The van der Waals surface area contributed by atoms with E-state index in [2.05, 4.69) is 51.0 Å². The summed E-state index contributed by atoms with van der Waals surface area (Å²) < 4.78 is 0. The highest BCUT2D eigenvalue weighted by Crippen LogP contribution is 2.66. The summed E-state index contributed by atoms with van der Waals surface area (Å²) in [5.41, 5.74) is 2.47. The smallest absolute Gasteiger partial charge is 0.0400 e. The van der Waals surface area contributed by atoms with Gasteiger partial charge in [0, 0.05) is 31.3 Å². The molecule has 0 amide bonds. The van der Waals surface area contributed by atoms with E-state index in [4.69, 9.17) is 4.99 Å². The lowest BCUT2D eigenvalue weighted by atomic mass is 9.46. The van der Waals surface area contributed by atoms with E-state index in [1.54, 1.807) is 0 Å². The van der Waals surface area contributed by atoms with Gasteiger partial charge in [0.15, 0.2) is 0 Å². The van der Waals surface area contributed by atoms with Crippen LogP contribution in [0.4, 0.5) is 0 Å². The van der Waals surface area contributed by atoms with Crippen LogP contribution in [0.5, 0.6) is 0 Å². The lowest BCUT2D eigenvalue weighted by Gasteiger charge is -2.59. The molecule has 3 aliphatic carbocycles. The Labute approximate surface area is 199 Å². The predicted molar refractivity (Wildman–Crippen MR) is 140 cm³/mol. The molecule has 0 heterocycles. The Bertz CT molecular complexity index is 628. The highest BCUT2D eigenvalue weighted by molar-refractivity contribution is 5.85. The molecule has 184 valence electrons. The van der Waals surface area contributed by atoms with Crippen LogP contribution in [-0.2, 0) is 0 Å². The topological polar surface area (TPSA) is 36.4 Å². The molecule has 3 saturated carbocycles. The van der Waals surface area contributed by atoms with E-state index in [0.717, 1.165) is 56.3 Å². The van der Waals surface area contributed by atoms with Gasteiger partial charge in [-0.05, 0) is 113 Å². The number of hydrogen-bond acceptors (Lipinski definition) is 3. The van der Waals surface area contributed by atoms with Crippen LogP contribution in [0, 0.1) is 40.4 Å². The Kier molecular flexibility index (Phi) is 9.44.